The van der Waals surface area contributed by atoms with Crippen LogP contribution >= 0.6 is 23.4 Å². The third-order valence-electron chi connectivity index (χ3n) is 2.55. The van der Waals surface area contributed by atoms with Crippen LogP contribution in [-0.4, -0.2) is 40.4 Å². The fourth-order valence-corrected chi connectivity index (χ4v) is 2.58. The normalized spacial score (nSPS) is 17.2. The number of aromatic nitrogens is 1. The molecule has 4 nitrogen and oxygen atoms in total. The number of thioether (sulfide) groups is 1. The molecule has 1 aliphatic rings. The molecule has 1 aromatic heterocycles. The minimum Gasteiger partial charge on any atom is -0.370 e. The topological polar surface area (TPSA) is 54.5 Å². The Balaban J connectivity index is 1.92. The third-order valence-corrected chi connectivity index (χ3v) is 3.71. The van der Waals surface area contributed by atoms with Crippen LogP contribution in [0.15, 0.2) is 23.3 Å². The van der Waals surface area contributed by atoms with Crippen molar-refractivity contribution in [3.05, 3.63) is 29.0 Å². The molecule has 17 heavy (non-hydrogen) atoms. The van der Waals surface area contributed by atoms with Gasteiger partial charge in [0.15, 0.2) is 5.96 Å². The lowest BCUT2D eigenvalue weighted by Crippen LogP contribution is -2.42. The fourth-order valence-electron chi connectivity index (χ4n) is 1.56. The van der Waals surface area contributed by atoms with Crippen LogP contribution in [0.2, 0.25) is 5.15 Å². The molecule has 0 radical (unpaired) electrons. The van der Waals surface area contributed by atoms with Crippen molar-refractivity contribution in [3.8, 4) is 0 Å². The van der Waals surface area contributed by atoms with E-state index in [0.717, 1.165) is 30.2 Å². The van der Waals surface area contributed by atoms with Gasteiger partial charge in [0.2, 0.25) is 0 Å². The Bertz CT molecular complexity index is 387. The fraction of sp³-hybridized carbons (Fsp3) is 0.455. The van der Waals surface area contributed by atoms with Crippen LogP contribution in [0.25, 0.3) is 0 Å². The maximum absolute atomic E-state index is 5.95. The number of halogens is 1. The number of guanidine groups is 1. The Labute approximate surface area is 110 Å². The number of hydrogen-bond donors (Lipinski definition) is 1. The van der Waals surface area contributed by atoms with Crippen LogP contribution < -0.4 is 5.73 Å². The number of nitrogens with two attached hydrogens (primary N) is 1. The summed E-state index contributed by atoms with van der Waals surface area (Å²) in [4.78, 5) is 10.5. The molecule has 1 saturated heterocycles. The summed E-state index contributed by atoms with van der Waals surface area (Å²) in [5.74, 6) is 2.87. The second-order valence-electron chi connectivity index (χ2n) is 3.76. The van der Waals surface area contributed by atoms with Crippen LogP contribution in [0.4, 0.5) is 0 Å². The first-order valence-corrected chi connectivity index (χ1v) is 7.02. The van der Waals surface area contributed by atoms with Gasteiger partial charge in [0, 0.05) is 30.8 Å². The van der Waals surface area contributed by atoms with Gasteiger partial charge in [-0.2, -0.15) is 11.8 Å². The summed E-state index contributed by atoms with van der Waals surface area (Å²) in [7, 11) is 0. The summed E-state index contributed by atoms with van der Waals surface area (Å²) in [6, 6.07) is 3.68. The van der Waals surface area contributed by atoms with E-state index in [1.807, 2.05) is 17.8 Å². The molecule has 0 amide bonds. The van der Waals surface area contributed by atoms with E-state index in [4.69, 9.17) is 17.3 Å². The van der Waals surface area contributed by atoms with Gasteiger partial charge in [-0.1, -0.05) is 17.7 Å². The van der Waals surface area contributed by atoms with Crippen LogP contribution in [0.3, 0.4) is 0 Å². The molecule has 2 rings (SSSR count). The highest BCUT2D eigenvalue weighted by molar-refractivity contribution is 7.99. The molecule has 0 aromatic carbocycles. The predicted molar refractivity (Wildman–Crippen MR) is 73.5 cm³/mol. The Morgan fingerprint density at radius 3 is 2.88 bits per heavy atom. The highest BCUT2D eigenvalue weighted by Gasteiger charge is 2.11. The number of aliphatic imine (C=N–C) groups is 1. The molecule has 0 unspecified atom stereocenters. The van der Waals surface area contributed by atoms with Gasteiger partial charge in [0.05, 0.1) is 6.54 Å². The van der Waals surface area contributed by atoms with Gasteiger partial charge in [0.25, 0.3) is 0 Å². The Kier molecular flexibility index (Phi) is 4.50. The van der Waals surface area contributed by atoms with Crippen molar-refractivity contribution in [2.24, 2.45) is 10.7 Å². The lowest BCUT2D eigenvalue weighted by Gasteiger charge is -2.27. The smallest absolute Gasteiger partial charge is 0.191 e. The molecule has 0 atom stereocenters. The van der Waals surface area contributed by atoms with Gasteiger partial charge < -0.3 is 10.6 Å². The highest BCUT2D eigenvalue weighted by Crippen LogP contribution is 2.09. The number of hydrogen-bond acceptors (Lipinski definition) is 3. The van der Waals surface area contributed by atoms with Crippen LogP contribution in [-0.2, 0) is 6.54 Å². The molecule has 1 aliphatic heterocycles. The molecule has 2 N–H and O–H groups in total. The minimum absolute atomic E-state index is 0.499. The molecule has 0 aliphatic carbocycles. The Morgan fingerprint density at radius 2 is 2.24 bits per heavy atom. The van der Waals surface area contributed by atoms with E-state index in [9.17, 15) is 0 Å². The van der Waals surface area contributed by atoms with Crippen LogP contribution in [0.5, 0.6) is 0 Å². The standard InChI is InChI=1S/C11H15ClN4S/c12-10-2-1-9(7-14-10)8-15-11(13)16-3-5-17-6-4-16/h1-2,7H,3-6,8H2,(H2,13,15). The van der Waals surface area contributed by atoms with Gasteiger partial charge >= 0.3 is 0 Å². The number of rotatable bonds is 2. The molecule has 0 saturated carbocycles. The van der Waals surface area contributed by atoms with E-state index < -0.39 is 0 Å². The van der Waals surface area contributed by atoms with E-state index in [1.54, 1.807) is 12.3 Å². The molecule has 0 bridgehead atoms. The number of nitrogens with zero attached hydrogens (tertiary/aromatic N) is 3. The zero-order valence-corrected chi connectivity index (χ0v) is 11.0. The van der Waals surface area contributed by atoms with Gasteiger partial charge in [0.1, 0.15) is 5.15 Å². The first-order chi connectivity index (χ1) is 8.25. The van der Waals surface area contributed by atoms with E-state index >= 15 is 0 Å². The molecule has 2 heterocycles. The van der Waals surface area contributed by atoms with E-state index in [1.165, 1.54) is 0 Å². The average Bonchev–Trinajstić information content (AvgIpc) is 2.39. The summed E-state index contributed by atoms with van der Waals surface area (Å²) in [5, 5.41) is 0.499. The first kappa shape index (κ1) is 12.5. The molecular weight excluding hydrogens is 256 g/mol. The van der Waals surface area contributed by atoms with Gasteiger partial charge in [-0.05, 0) is 11.6 Å². The predicted octanol–water partition coefficient (Wildman–Crippen LogP) is 1.60. The quantitative estimate of drug-likeness (QED) is 0.504. The molecule has 1 fully saturated rings. The van der Waals surface area contributed by atoms with Crippen LogP contribution in [0.1, 0.15) is 5.56 Å². The second-order valence-corrected chi connectivity index (χ2v) is 5.38. The van der Waals surface area contributed by atoms with Crippen molar-refractivity contribution >= 4 is 29.3 Å². The lowest BCUT2D eigenvalue weighted by molar-refractivity contribution is 0.455. The number of pyridine rings is 1. The van der Waals surface area contributed by atoms with Crippen LogP contribution in [0, 0.1) is 0 Å². The highest BCUT2D eigenvalue weighted by atomic mass is 35.5. The molecule has 6 heteroatoms. The summed E-state index contributed by atoms with van der Waals surface area (Å²) in [6.45, 7) is 2.53. The van der Waals surface area contributed by atoms with Crippen molar-refractivity contribution in [1.29, 1.82) is 0 Å². The molecule has 1 aromatic rings. The summed E-state index contributed by atoms with van der Waals surface area (Å²) >= 11 is 7.67. The van der Waals surface area contributed by atoms with Crippen molar-refractivity contribution in [1.82, 2.24) is 9.88 Å². The van der Waals surface area contributed by atoms with E-state index in [0.29, 0.717) is 17.7 Å². The molecular formula is C11H15ClN4S. The van der Waals surface area contributed by atoms with Crippen molar-refractivity contribution < 1.29 is 0 Å². The largest absolute Gasteiger partial charge is 0.370 e. The second kappa shape index (κ2) is 6.12. The summed E-state index contributed by atoms with van der Waals surface area (Å²) in [6.07, 6.45) is 1.73. The van der Waals surface area contributed by atoms with Crippen molar-refractivity contribution in [2.75, 3.05) is 24.6 Å². The van der Waals surface area contributed by atoms with E-state index in [-0.39, 0.29) is 0 Å². The zero-order chi connectivity index (χ0) is 12.1. The van der Waals surface area contributed by atoms with Crippen molar-refractivity contribution in [3.63, 3.8) is 0 Å². The van der Waals surface area contributed by atoms with E-state index in [2.05, 4.69) is 14.9 Å². The summed E-state index contributed by atoms with van der Waals surface area (Å²) < 4.78 is 0. The Morgan fingerprint density at radius 1 is 1.47 bits per heavy atom. The third kappa shape index (κ3) is 3.78. The lowest BCUT2D eigenvalue weighted by atomic mass is 10.3. The maximum atomic E-state index is 5.95. The Hall–Kier alpha value is -0.940. The van der Waals surface area contributed by atoms with Gasteiger partial charge in [-0.3, -0.25) is 0 Å². The maximum Gasteiger partial charge on any atom is 0.191 e. The molecule has 92 valence electrons. The average molecular weight is 271 g/mol. The van der Waals surface area contributed by atoms with Gasteiger partial charge in [-0.15, -0.1) is 0 Å². The molecule has 0 spiro atoms. The monoisotopic (exact) mass is 270 g/mol. The summed E-state index contributed by atoms with van der Waals surface area (Å²) in [5.41, 5.74) is 6.96. The minimum atomic E-state index is 0.499. The first-order valence-electron chi connectivity index (χ1n) is 5.49. The van der Waals surface area contributed by atoms with Crippen molar-refractivity contribution in [2.45, 2.75) is 6.54 Å². The van der Waals surface area contributed by atoms with Gasteiger partial charge in [-0.25, -0.2) is 9.98 Å². The SMILES string of the molecule is NC(=NCc1ccc(Cl)nc1)N1CCSCC1. The zero-order valence-electron chi connectivity index (χ0n) is 9.47.